The summed E-state index contributed by atoms with van der Waals surface area (Å²) in [5.41, 5.74) is 0.716. The quantitative estimate of drug-likeness (QED) is 0.728. The van der Waals surface area contributed by atoms with Crippen molar-refractivity contribution in [2.75, 3.05) is 18.0 Å². The molecule has 3 rings (SSSR count). The molecular formula is C22H25N3O2S. The molecule has 1 heterocycles. The van der Waals surface area contributed by atoms with Crippen molar-refractivity contribution in [2.45, 2.75) is 43.6 Å². The molecule has 146 valence electrons. The highest BCUT2D eigenvalue weighted by molar-refractivity contribution is 7.98. The highest BCUT2D eigenvalue weighted by atomic mass is 32.2. The van der Waals surface area contributed by atoms with Crippen molar-refractivity contribution in [3.8, 4) is 11.8 Å². The third-order valence-corrected chi connectivity index (χ3v) is 5.50. The van der Waals surface area contributed by atoms with Crippen molar-refractivity contribution in [3.63, 3.8) is 0 Å². The number of nitriles is 1. The standard InChI is InChI=1S/C22H25N3O2S/c1-22(2,21(26)24-28-20-11-9-17(16-23)10-12-20)27-19-8-6-7-18(15-19)25-13-4-3-5-14-25/h6-12,15H,3-5,13-14H2,1-2H3,(H,24,26). The summed E-state index contributed by atoms with van der Waals surface area (Å²) in [5, 5.41) is 8.85. The molecule has 2 aromatic rings. The van der Waals surface area contributed by atoms with E-state index in [0.717, 1.165) is 23.7 Å². The first kappa shape index (κ1) is 20.1. The van der Waals surface area contributed by atoms with Crippen LogP contribution in [0.3, 0.4) is 0 Å². The van der Waals surface area contributed by atoms with Crippen molar-refractivity contribution in [3.05, 3.63) is 54.1 Å². The first-order chi connectivity index (χ1) is 13.5. The van der Waals surface area contributed by atoms with Crippen molar-refractivity contribution in [2.24, 2.45) is 0 Å². The molecule has 0 bridgehead atoms. The van der Waals surface area contributed by atoms with Gasteiger partial charge in [0.2, 0.25) is 0 Å². The smallest absolute Gasteiger partial charge is 0.273 e. The molecule has 6 heteroatoms. The van der Waals surface area contributed by atoms with Gasteiger partial charge in [-0.2, -0.15) is 5.26 Å². The second-order valence-corrected chi connectivity index (χ2v) is 8.21. The first-order valence-electron chi connectivity index (χ1n) is 9.49. The summed E-state index contributed by atoms with van der Waals surface area (Å²) < 4.78 is 8.86. The molecule has 5 nitrogen and oxygen atoms in total. The van der Waals surface area contributed by atoms with Crippen LogP contribution in [0.25, 0.3) is 0 Å². The Labute approximate surface area is 170 Å². The Morgan fingerprint density at radius 3 is 2.54 bits per heavy atom. The van der Waals surface area contributed by atoms with Gasteiger partial charge in [0.25, 0.3) is 5.91 Å². The molecule has 0 atom stereocenters. The molecule has 0 aromatic heterocycles. The molecule has 1 aliphatic heterocycles. The minimum atomic E-state index is -1.01. The molecule has 0 radical (unpaired) electrons. The van der Waals surface area contributed by atoms with Gasteiger partial charge >= 0.3 is 0 Å². The van der Waals surface area contributed by atoms with Crippen LogP contribution in [0.5, 0.6) is 5.75 Å². The highest BCUT2D eigenvalue weighted by Gasteiger charge is 2.30. The SMILES string of the molecule is CC(C)(Oc1cccc(N2CCCCC2)c1)C(=O)NSc1ccc(C#N)cc1. The van der Waals surface area contributed by atoms with Gasteiger partial charge in [-0.15, -0.1) is 0 Å². The number of anilines is 1. The fourth-order valence-corrected chi connectivity index (χ4v) is 3.79. The number of hydrogen-bond acceptors (Lipinski definition) is 5. The van der Waals surface area contributed by atoms with Crippen LogP contribution >= 0.6 is 11.9 Å². The van der Waals surface area contributed by atoms with Gasteiger partial charge in [-0.25, -0.2) is 0 Å². The Morgan fingerprint density at radius 1 is 1.14 bits per heavy atom. The van der Waals surface area contributed by atoms with Gasteiger partial charge < -0.3 is 9.64 Å². The number of amides is 1. The van der Waals surface area contributed by atoms with Crippen LogP contribution in [0.4, 0.5) is 5.69 Å². The molecule has 2 aromatic carbocycles. The monoisotopic (exact) mass is 395 g/mol. The molecule has 1 fully saturated rings. The van der Waals surface area contributed by atoms with E-state index in [-0.39, 0.29) is 5.91 Å². The van der Waals surface area contributed by atoms with Crippen LogP contribution < -0.4 is 14.4 Å². The summed E-state index contributed by atoms with van der Waals surface area (Å²) in [4.78, 5) is 15.9. The number of benzene rings is 2. The molecule has 0 saturated carbocycles. The van der Waals surface area contributed by atoms with Crippen LogP contribution in [0, 0.1) is 11.3 Å². The van der Waals surface area contributed by atoms with Crippen LogP contribution in [-0.2, 0) is 4.79 Å². The lowest BCUT2D eigenvalue weighted by atomic mass is 10.1. The van der Waals surface area contributed by atoms with Gasteiger partial charge in [0, 0.05) is 29.7 Å². The van der Waals surface area contributed by atoms with Crippen LogP contribution in [0.1, 0.15) is 38.7 Å². The van der Waals surface area contributed by atoms with Crippen molar-refractivity contribution in [1.29, 1.82) is 5.26 Å². The molecule has 0 aliphatic carbocycles. The summed E-state index contributed by atoms with van der Waals surface area (Å²) in [6, 6.07) is 17.1. The number of carbonyl (C=O) groups is 1. The fraction of sp³-hybridized carbons (Fsp3) is 0.364. The van der Waals surface area contributed by atoms with E-state index < -0.39 is 5.60 Å². The average Bonchev–Trinajstić information content (AvgIpc) is 2.73. The number of rotatable bonds is 6. The Balaban J connectivity index is 1.60. The first-order valence-corrected chi connectivity index (χ1v) is 10.3. The zero-order valence-corrected chi connectivity index (χ0v) is 17.1. The molecule has 1 saturated heterocycles. The third-order valence-electron chi connectivity index (χ3n) is 4.70. The van der Waals surface area contributed by atoms with Crippen molar-refractivity contribution in [1.82, 2.24) is 4.72 Å². The number of nitrogens with zero attached hydrogens (tertiary/aromatic N) is 2. The Kier molecular flexibility index (Phi) is 6.48. The summed E-state index contributed by atoms with van der Waals surface area (Å²) in [7, 11) is 0. The number of nitrogens with one attached hydrogen (secondary N) is 1. The lowest BCUT2D eigenvalue weighted by molar-refractivity contribution is -0.132. The van der Waals surface area contributed by atoms with E-state index in [1.807, 2.05) is 18.2 Å². The van der Waals surface area contributed by atoms with Gasteiger partial charge in [0.1, 0.15) is 5.75 Å². The fourth-order valence-electron chi connectivity index (χ4n) is 3.06. The summed E-state index contributed by atoms with van der Waals surface area (Å²) in [5.74, 6) is 0.469. The maximum atomic E-state index is 12.6. The van der Waals surface area contributed by atoms with Gasteiger partial charge in [-0.05, 0) is 81.5 Å². The minimum absolute atomic E-state index is 0.217. The van der Waals surface area contributed by atoms with E-state index in [1.165, 1.54) is 31.2 Å². The summed E-state index contributed by atoms with van der Waals surface area (Å²) in [6.45, 7) is 5.65. The minimum Gasteiger partial charge on any atom is -0.478 e. The lowest BCUT2D eigenvalue weighted by Crippen LogP contribution is -2.44. The summed E-state index contributed by atoms with van der Waals surface area (Å²) >= 11 is 1.21. The van der Waals surface area contributed by atoms with Crippen molar-refractivity contribution < 1.29 is 9.53 Å². The highest BCUT2D eigenvalue weighted by Crippen LogP contribution is 2.27. The molecular weight excluding hydrogens is 370 g/mol. The third kappa shape index (κ3) is 5.20. The van der Waals surface area contributed by atoms with E-state index >= 15 is 0 Å². The number of ether oxygens (including phenoxy) is 1. The molecule has 1 aliphatic rings. The van der Waals surface area contributed by atoms with E-state index in [0.29, 0.717) is 11.3 Å². The van der Waals surface area contributed by atoms with Gasteiger partial charge in [-0.3, -0.25) is 9.52 Å². The number of piperidine rings is 1. The number of hydrogen-bond donors (Lipinski definition) is 1. The van der Waals surface area contributed by atoms with Crippen LogP contribution in [-0.4, -0.2) is 24.6 Å². The van der Waals surface area contributed by atoms with Gasteiger partial charge in [0.05, 0.1) is 11.6 Å². The van der Waals surface area contributed by atoms with E-state index in [2.05, 4.69) is 21.8 Å². The van der Waals surface area contributed by atoms with Crippen LogP contribution in [0.15, 0.2) is 53.4 Å². The zero-order valence-electron chi connectivity index (χ0n) is 16.3. The Morgan fingerprint density at radius 2 is 1.86 bits per heavy atom. The average molecular weight is 396 g/mol. The van der Waals surface area contributed by atoms with Crippen molar-refractivity contribution >= 4 is 23.5 Å². The largest absolute Gasteiger partial charge is 0.478 e. The summed E-state index contributed by atoms with van der Waals surface area (Å²) in [6.07, 6.45) is 3.72. The van der Waals surface area contributed by atoms with Gasteiger partial charge in [0.15, 0.2) is 5.60 Å². The van der Waals surface area contributed by atoms with E-state index in [1.54, 1.807) is 38.1 Å². The number of carbonyl (C=O) groups excluding carboxylic acids is 1. The predicted octanol–water partition coefficient (Wildman–Crippen LogP) is 4.53. The van der Waals surface area contributed by atoms with E-state index in [9.17, 15) is 4.79 Å². The molecule has 0 spiro atoms. The predicted molar refractivity (Wildman–Crippen MR) is 112 cm³/mol. The Hall–Kier alpha value is -2.65. The van der Waals surface area contributed by atoms with Crippen LogP contribution in [0.2, 0.25) is 0 Å². The molecule has 1 amide bonds. The van der Waals surface area contributed by atoms with Gasteiger partial charge in [-0.1, -0.05) is 6.07 Å². The normalized spacial score (nSPS) is 14.2. The molecule has 0 unspecified atom stereocenters. The zero-order chi connectivity index (χ0) is 20.0. The Bertz CT molecular complexity index is 853. The maximum absolute atomic E-state index is 12.6. The second-order valence-electron chi connectivity index (χ2n) is 7.33. The lowest BCUT2D eigenvalue weighted by Gasteiger charge is -2.30. The topological polar surface area (TPSA) is 65.4 Å². The maximum Gasteiger partial charge on any atom is 0.273 e. The second kappa shape index (κ2) is 9.03. The molecule has 28 heavy (non-hydrogen) atoms. The van der Waals surface area contributed by atoms with E-state index in [4.69, 9.17) is 10.00 Å². The molecule has 1 N–H and O–H groups in total.